The zero-order valence-electron chi connectivity index (χ0n) is 17.2. The summed E-state index contributed by atoms with van der Waals surface area (Å²) in [4.78, 5) is 12.6. The van der Waals surface area contributed by atoms with E-state index in [4.69, 9.17) is 9.47 Å². The van der Waals surface area contributed by atoms with Gasteiger partial charge in [-0.25, -0.2) is 0 Å². The van der Waals surface area contributed by atoms with Gasteiger partial charge in [-0.15, -0.1) is 0 Å². The molecule has 5 heteroatoms. The Bertz CT molecular complexity index is 1120. The summed E-state index contributed by atoms with van der Waals surface area (Å²) in [7, 11) is 0. The molecule has 0 spiro atoms. The quantitative estimate of drug-likeness (QED) is 0.511. The van der Waals surface area contributed by atoms with E-state index in [0.29, 0.717) is 28.2 Å². The lowest BCUT2D eigenvalue weighted by molar-refractivity contribution is 0.101. The number of rotatable bonds is 4. The van der Waals surface area contributed by atoms with Crippen molar-refractivity contribution in [2.24, 2.45) is 0 Å². The van der Waals surface area contributed by atoms with Crippen LogP contribution in [0, 0.1) is 0 Å². The molecule has 0 amide bonds. The first-order chi connectivity index (χ1) is 14.3. The molecule has 2 heterocycles. The summed E-state index contributed by atoms with van der Waals surface area (Å²) in [6.45, 7) is 6.11. The van der Waals surface area contributed by atoms with Crippen molar-refractivity contribution in [2.45, 2.75) is 39.2 Å². The SMILES string of the molecule is CC(C)=CCCC1(C)C=Cc2c(C=C3Oc4cc(O)ccc4C3=O)ccc(O)c2O1. The molecule has 0 fully saturated rings. The Morgan fingerprint density at radius 1 is 1.17 bits per heavy atom. The minimum Gasteiger partial charge on any atom is -0.508 e. The van der Waals surface area contributed by atoms with E-state index in [9.17, 15) is 15.0 Å². The Labute approximate surface area is 175 Å². The van der Waals surface area contributed by atoms with Crippen molar-refractivity contribution in [3.63, 3.8) is 0 Å². The summed E-state index contributed by atoms with van der Waals surface area (Å²) in [6.07, 6.45) is 9.36. The summed E-state index contributed by atoms with van der Waals surface area (Å²) < 4.78 is 11.8. The Kier molecular flexibility index (Phi) is 4.90. The first-order valence-electron chi connectivity index (χ1n) is 9.91. The van der Waals surface area contributed by atoms with Crippen LogP contribution < -0.4 is 9.47 Å². The molecule has 0 saturated carbocycles. The number of aromatic hydroxyl groups is 2. The highest BCUT2D eigenvalue weighted by Gasteiger charge is 2.31. The first kappa shape index (κ1) is 19.8. The Hall–Kier alpha value is -3.47. The minimum atomic E-state index is -0.532. The van der Waals surface area contributed by atoms with Crippen molar-refractivity contribution < 1.29 is 24.5 Å². The average Bonchev–Trinajstić information content (AvgIpc) is 2.98. The largest absolute Gasteiger partial charge is 0.508 e. The molecule has 2 aromatic carbocycles. The number of carbonyl (C=O) groups is 1. The predicted octanol–water partition coefficient (Wildman–Crippen LogP) is 5.62. The fraction of sp³-hybridized carbons (Fsp3) is 0.240. The van der Waals surface area contributed by atoms with E-state index < -0.39 is 5.60 Å². The second kappa shape index (κ2) is 7.41. The number of Topliss-reactive ketones (excluding diaryl/α,β-unsaturated/α-hetero) is 1. The molecule has 2 N–H and O–H groups in total. The van der Waals surface area contributed by atoms with Crippen molar-refractivity contribution in [2.75, 3.05) is 0 Å². The van der Waals surface area contributed by atoms with Gasteiger partial charge in [0.15, 0.2) is 17.3 Å². The molecule has 0 saturated heterocycles. The summed E-state index contributed by atoms with van der Waals surface area (Å²) in [5.74, 6) is 0.725. The molecule has 2 aliphatic rings. The number of fused-ring (bicyclic) bond motifs is 2. The average molecular weight is 404 g/mol. The van der Waals surface area contributed by atoms with E-state index in [2.05, 4.69) is 19.9 Å². The molecule has 2 aromatic rings. The number of benzene rings is 2. The van der Waals surface area contributed by atoms with Gasteiger partial charge in [-0.2, -0.15) is 0 Å². The topological polar surface area (TPSA) is 76.0 Å². The summed E-state index contributed by atoms with van der Waals surface area (Å²) >= 11 is 0. The molecule has 5 nitrogen and oxygen atoms in total. The fourth-order valence-electron chi connectivity index (χ4n) is 3.63. The van der Waals surface area contributed by atoms with Crippen molar-refractivity contribution in [3.05, 3.63) is 70.5 Å². The number of phenols is 2. The molecule has 2 aliphatic heterocycles. The second-order valence-corrected chi connectivity index (χ2v) is 8.11. The summed E-state index contributed by atoms with van der Waals surface area (Å²) in [5.41, 5.74) is 2.52. The summed E-state index contributed by atoms with van der Waals surface area (Å²) in [6, 6.07) is 7.69. The van der Waals surface area contributed by atoms with Crippen LogP contribution in [0.1, 0.15) is 55.1 Å². The fourth-order valence-corrected chi connectivity index (χ4v) is 3.63. The number of allylic oxidation sites excluding steroid dienone is 3. The zero-order valence-corrected chi connectivity index (χ0v) is 17.2. The number of carbonyl (C=O) groups excluding carboxylic acids is 1. The van der Waals surface area contributed by atoms with Crippen molar-refractivity contribution >= 4 is 17.9 Å². The monoisotopic (exact) mass is 404 g/mol. The maximum Gasteiger partial charge on any atom is 0.231 e. The van der Waals surface area contributed by atoms with E-state index in [1.54, 1.807) is 24.3 Å². The Balaban J connectivity index is 1.65. The van der Waals surface area contributed by atoms with E-state index in [1.807, 2.05) is 19.1 Å². The highest BCUT2D eigenvalue weighted by molar-refractivity contribution is 6.14. The smallest absolute Gasteiger partial charge is 0.231 e. The van der Waals surface area contributed by atoms with E-state index in [1.165, 1.54) is 17.7 Å². The van der Waals surface area contributed by atoms with E-state index in [0.717, 1.165) is 12.8 Å². The molecule has 154 valence electrons. The molecule has 0 radical (unpaired) electrons. The van der Waals surface area contributed by atoms with Crippen LogP contribution in [-0.2, 0) is 0 Å². The van der Waals surface area contributed by atoms with Crippen LogP contribution in [0.25, 0.3) is 12.2 Å². The van der Waals surface area contributed by atoms with Crippen LogP contribution in [0.2, 0.25) is 0 Å². The molecule has 1 atom stereocenters. The van der Waals surface area contributed by atoms with Gasteiger partial charge in [0.05, 0.1) is 5.56 Å². The van der Waals surface area contributed by atoms with Crippen LogP contribution in [0.3, 0.4) is 0 Å². The predicted molar refractivity (Wildman–Crippen MR) is 116 cm³/mol. The number of hydrogen-bond donors (Lipinski definition) is 2. The highest BCUT2D eigenvalue weighted by atomic mass is 16.5. The van der Waals surface area contributed by atoms with Crippen molar-refractivity contribution in [1.82, 2.24) is 0 Å². The van der Waals surface area contributed by atoms with Gasteiger partial charge in [-0.1, -0.05) is 23.8 Å². The molecular formula is C25H24O5. The summed E-state index contributed by atoms with van der Waals surface area (Å²) in [5, 5.41) is 20.0. The number of ether oxygens (including phenoxy) is 2. The van der Waals surface area contributed by atoms with Gasteiger partial charge in [0, 0.05) is 11.6 Å². The van der Waals surface area contributed by atoms with Crippen LogP contribution in [0.5, 0.6) is 23.0 Å². The third-order valence-corrected chi connectivity index (χ3v) is 5.28. The van der Waals surface area contributed by atoms with Gasteiger partial charge in [0.2, 0.25) is 5.78 Å². The highest BCUT2D eigenvalue weighted by Crippen LogP contribution is 2.43. The normalized spacial score (nSPS) is 20.4. The molecule has 0 aliphatic carbocycles. The van der Waals surface area contributed by atoms with Gasteiger partial charge in [0.1, 0.15) is 17.1 Å². The lowest BCUT2D eigenvalue weighted by Gasteiger charge is -2.32. The number of phenolic OH excluding ortho intramolecular Hbond substituents is 2. The molecule has 4 rings (SSSR count). The molecular weight excluding hydrogens is 380 g/mol. The molecule has 0 aromatic heterocycles. The minimum absolute atomic E-state index is 0.0357. The standard InChI is InChI=1S/C25H24O5/c1-15(2)5-4-11-25(3)12-10-18-16(6-9-20(27)24(18)30-25)13-22-23(28)19-8-7-17(26)14-21(19)29-22/h5-10,12-14,26-27H,4,11H2,1-3H3. The van der Waals surface area contributed by atoms with Crippen molar-refractivity contribution in [3.8, 4) is 23.0 Å². The maximum atomic E-state index is 12.6. The van der Waals surface area contributed by atoms with Crippen LogP contribution in [0.4, 0.5) is 0 Å². The van der Waals surface area contributed by atoms with Crippen LogP contribution in [-0.4, -0.2) is 21.6 Å². The first-order valence-corrected chi connectivity index (χ1v) is 9.91. The second-order valence-electron chi connectivity index (χ2n) is 8.11. The van der Waals surface area contributed by atoms with E-state index >= 15 is 0 Å². The van der Waals surface area contributed by atoms with Crippen molar-refractivity contribution in [1.29, 1.82) is 0 Å². The van der Waals surface area contributed by atoms with Gasteiger partial charge >= 0.3 is 0 Å². The van der Waals surface area contributed by atoms with Crippen LogP contribution in [0.15, 0.2) is 53.8 Å². The molecule has 30 heavy (non-hydrogen) atoms. The third kappa shape index (κ3) is 3.71. The maximum absolute atomic E-state index is 12.6. The lowest BCUT2D eigenvalue weighted by atomic mass is 9.92. The molecule has 0 bridgehead atoms. The Morgan fingerprint density at radius 2 is 1.97 bits per heavy atom. The van der Waals surface area contributed by atoms with Gasteiger partial charge in [-0.05, 0) is 69.5 Å². The number of hydrogen-bond acceptors (Lipinski definition) is 5. The van der Waals surface area contributed by atoms with Gasteiger partial charge < -0.3 is 19.7 Å². The zero-order chi connectivity index (χ0) is 21.5. The van der Waals surface area contributed by atoms with Gasteiger partial charge in [0.25, 0.3) is 0 Å². The Morgan fingerprint density at radius 3 is 2.73 bits per heavy atom. The number of ketones is 1. The van der Waals surface area contributed by atoms with E-state index in [-0.39, 0.29) is 23.0 Å². The van der Waals surface area contributed by atoms with Gasteiger partial charge in [-0.3, -0.25) is 4.79 Å². The van der Waals surface area contributed by atoms with Crippen LogP contribution >= 0.6 is 0 Å². The third-order valence-electron chi connectivity index (χ3n) is 5.28. The molecule has 1 unspecified atom stereocenters. The lowest BCUT2D eigenvalue weighted by Crippen LogP contribution is -2.31.